The number of carbonyl (C=O) groups is 1. The maximum Gasteiger partial charge on any atom is 0.407 e. The molecular formula is C12H14F2N4O4. The Morgan fingerprint density at radius 3 is 2.73 bits per heavy atom. The van der Waals surface area contributed by atoms with Crippen molar-refractivity contribution in [2.24, 2.45) is 0 Å². The number of nitrogens with zero attached hydrogens (tertiary/aromatic N) is 4. The van der Waals surface area contributed by atoms with Crippen LogP contribution in [0.5, 0.6) is 0 Å². The Bertz CT molecular complexity index is 581. The number of hydrogen-bond donors (Lipinski definition) is 1. The minimum Gasteiger partial charge on any atom is -0.465 e. The van der Waals surface area contributed by atoms with Crippen molar-refractivity contribution in [3.8, 4) is 0 Å². The van der Waals surface area contributed by atoms with E-state index in [9.17, 15) is 23.7 Å². The van der Waals surface area contributed by atoms with Crippen molar-refractivity contribution in [1.29, 1.82) is 0 Å². The van der Waals surface area contributed by atoms with Crippen molar-refractivity contribution >= 4 is 17.6 Å². The molecule has 1 amide bonds. The summed E-state index contributed by atoms with van der Waals surface area (Å²) >= 11 is 0. The molecule has 0 saturated carbocycles. The molecule has 8 nitrogen and oxygen atoms in total. The first kappa shape index (κ1) is 15.9. The van der Waals surface area contributed by atoms with Crippen molar-refractivity contribution in [2.75, 3.05) is 25.0 Å². The van der Waals surface area contributed by atoms with Crippen LogP contribution in [0, 0.1) is 10.1 Å². The lowest BCUT2D eigenvalue weighted by atomic mass is 9.99. The van der Waals surface area contributed by atoms with Gasteiger partial charge in [0.15, 0.2) is 6.20 Å². The van der Waals surface area contributed by atoms with Gasteiger partial charge in [-0.3, -0.25) is 0 Å². The minimum absolute atomic E-state index is 0.0488. The Hall–Kier alpha value is -2.52. The summed E-state index contributed by atoms with van der Waals surface area (Å²) in [6, 6.07) is 1.10. The molecule has 0 bridgehead atoms. The summed E-state index contributed by atoms with van der Waals surface area (Å²) in [7, 11) is 1.12. The lowest BCUT2D eigenvalue weighted by Gasteiger charge is -2.41. The molecule has 2 heterocycles. The molecule has 1 unspecified atom stereocenters. The van der Waals surface area contributed by atoms with Crippen LogP contribution in [0.1, 0.15) is 6.42 Å². The molecular weight excluding hydrogens is 302 g/mol. The van der Waals surface area contributed by atoms with E-state index in [1.807, 2.05) is 0 Å². The third-order valence-electron chi connectivity index (χ3n) is 3.62. The van der Waals surface area contributed by atoms with Crippen LogP contribution in [0.2, 0.25) is 0 Å². The van der Waals surface area contributed by atoms with E-state index in [4.69, 9.17) is 5.11 Å². The highest BCUT2D eigenvalue weighted by molar-refractivity contribution is 5.65. The molecule has 2 rings (SSSR count). The van der Waals surface area contributed by atoms with Crippen LogP contribution in [-0.4, -0.2) is 58.1 Å². The number of rotatable bonds is 3. The van der Waals surface area contributed by atoms with Crippen LogP contribution < -0.4 is 4.90 Å². The summed E-state index contributed by atoms with van der Waals surface area (Å²) < 4.78 is 28.3. The van der Waals surface area contributed by atoms with Gasteiger partial charge in [0, 0.05) is 19.7 Å². The summed E-state index contributed by atoms with van der Waals surface area (Å²) in [5, 5.41) is 19.4. The topological polar surface area (TPSA) is 99.8 Å². The van der Waals surface area contributed by atoms with Gasteiger partial charge in [-0.2, -0.15) is 0 Å². The van der Waals surface area contributed by atoms with E-state index in [1.165, 1.54) is 11.0 Å². The average molecular weight is 316 g/mol. The largest absolute Gasteiger partial charge is 0.465 e. The second-order valence-corrected chi connectivity index (χ2v) is 5.01. The predicted octanol–water partition coefficient (Wildman–Crippen LogP) is 1.81. The van der Waals surface area contributed by atoms with Crippen LogP contribution in [0.3, 0.4) is 0 Å². The molecule has 1 aromatic heterocycles. The molecule has 22 heavy (non-hydrogen) atoms. The van der Waals surface area contributed by atoms with Crippen molar-refractivity contribution in [2.45, 2.75) is 18.4 Å². The standard InChI is InChI=1S/C12H14F2N4O4/c1-16(11(19)20)9-4-5-17(7-12(9,13)14)8-2-3-10(15-6-8)18(21)22/h2-3,6,9H,4-5,7H2,1H3,(H,19,20). The summed E-state index contributed by atoms with van der Waals surface area (Å²) in [6.07, 6.45) is -0.294. The van der Waals surface area contributed by atoms with Crippen LogP contribution in [0.15, 0.2) is 18.3 Å². The molecule has 1 N–H and O–H groups in total. The van der Waals surface area contributed by atoms with E-state index in [-0.39, 0.29) is 18.8 Å². The molecule has 10 heteroatoms. The van der Waals surface area contributed by atoms with E-state index in [1.54, 1.807) is 0 Å². The summed E-state index contributed by atoms with van der Waals surface area (Å²) in [6.45, 7) is -0.466. The maximum atomic E-state index is 14.1. The normalized spacial score (nSPS) is 20.5. The summed E-state index contributed by atoms with van der Waals surface area (Å²) in [4.78, 5) is 26.2. The quantitative estimate of drug-likeness (QED) is 0.674. The van der Waals surface area contributed by atoms with Gasteiger partial charge in [0.25, 0.3) is 5.92 Å². The minimum atomic E-state index is -3.23. The Morgan fingerprint density at radius 1 is 1.59 bits per heavy atom. The highest BCUT2D eigenvalue weighted by Gasteiger charge is 2.48. The molecule has 0 aliphatic carbocycles. The van der Waals surface area contributed by atoms with Gasteiger partial charge in [0.2, 0.25) is 0 Å². The van der Waals surface area contributed by atoms with Gasteiger partial charge in [0.1, 0.15) is 6.04 Å². The van der Waals surface area contributed by atoms with Gasteiger partial charge in [-0.25, -0.2) is 13.6 Å². The number of aromatic nitrogens is 1. The fourth-order valence-corrected chi connectivity index (χ4v) is 2.43. The number of halogens is 2. The second kappa shape index (κ2) is 5.70. The number of hydrogen-bond acceptors (Lipinski definition) is 5. The van der Waals surface area contributed by atoms with Gasteiger partial charge in [0.05, 0.1) is 12.2 Å². The van der Waals surface area contributed by atoms with Crippen LogP contribution in [0.25, 0.3) is 0 Å². The smallest absolute Gasteiger partial charge is 0.407 e. The van der Waals surface area contributed by atoms with Crippen LogP contribution in [-0.2, 0) is 0 Å². The monoisotopic (exact) mass is 316 g/mol. The first-order valence-corrected chi connectivity index (χ1v) is 6.41. The summed E-state index contributed by atoms with van der Waals surface area (Å²) in [5.41, 5.74) is 0.335. The zero-order chi connectivity index (χ0) is 16.5. The van der Waals surface area contributed by atoms with E-state index >= 15 is 0 Å². The molecule has 0 radical (unpaired) electrons. The van der Waals surface area contributed by atoms with E-state index < -0.39 is 29.5 Å². The molecule has 0 aromatic carbocycles. The number of alkyl halides is 2. The van der Waals surface area contributed by atoms with Gasteiger partial charge in [-0.05, 0) is 22.4 Å². The lowest BCUT2D eigenvalue weighted by Crippen LogP contribution is -2.58. The van der Waals surface area contributed by atoms with E-state index in [0.717, 1.165) is 19.3 Å². The number of piperidine rings is 1. The van der Waals surface area contributed by atoms with Crippen molar-refractivity contribution in [3.63, 3.8) is 0 Å². The fraction of sp³-hybridized carbons (Fsp3) is 0.500. The number of pyridine rings is 1. The van der Waals surface area contributed by atoms with Crippen molar-refractivity contribution in [1.82, 2.24) is 9.88 Å². The highest BCUT2D eigenvalue weighted by atomic mass is 19.3. The highest BCUT2D eigenvalue weighted by Crippen LogP contribution is 2.33. The zero-order valence-electron chi connectivity index (χ0n) is 11.6. The van der Waals surface area contributed by atoms with Gasteiger partial charge < -0.3 is 25.0 Å². The molecule has 1 atom stereocenters. The third kappa shape index (κ3) is 3.05. The number of anilines is 1. The Kier molecular flexibility index (Phi) is 4.11. The van der Waals surface area contributed by atoms with E-state index in [2.05, 4.69) is 4.98 Å². The third-order valence-corrected chi connectivity index (χ3v) is 3.62. The number of carboxylic acid groups (broad SMARTS) is 1. The first-order chi connectivity index (χ1) is 10.2. The maximum absolute atomic E-state index is 14.1. The van der Waals surface area contributed by atoms with Crippen LogP contribution >= 0.6 is 0 Å². The van der Waals surface area contributed by atoms with Gasteiger partial charge in [-0.1, -0.05) is 0 Å². The number of nitro groups is 1. The van der Waals surface area contributed by atoms with Crippen LogP contribution in [0.4, 0.5) is 25.1 Å². The zero-order valence-corrected chi connectivity index (χ0v) is 11.6. The Morgan fingerprint density at radius 2 is 2.27 bits per heavy atom. The molecule has 1 fully saturated rings. The molecule has 0 spiro atoms. The summed E-state index contributed by atoms with van der Waals surface area (Å²) in [5.74, 6) is -3.59. The molecule has 120 valence electrons. The molecule has 1 aliphatic heterocycles. The number of amides is 1. The van der Waals surface area contributed by atoms with Gasteiger partial charge >= 0.3 is 11.9 Å². The fourth-order valence-electron chi connectivity index (χ4n) is 2.43. The molecule has 1 aliphatic rings. The Balaban J connectivity index is 2.14. The van der Waals surface area contributed by atoms with Gasteiger partial charge in [-0.15, -0.1) is 0 Å². The molecule has 1 saturated heterocycles. The van der Waals surface area contributed by atoms with E-state index in [0.29, 0.717) is 10.6 Å². The average Bonchev–Trinajstić information content (AvgIpc) is 2.45. The first-order valence-electron chi connectivity index (χ1n) is 6.41. The predicted molar refractivity (Wildman–Crippen MR) is 72.2 cm³/mol. The van der Waals surface area contributed by atoms with Crippen molar-refractivity contribution < 1.29 is 23.6 Å². The Labute approximate surface area is 124 Å². The lowest BCUT2D eigenvalue weighted by molar-refractivity contribution is -0.389. The second-order valence-electron chi connectivity index (χ2n) is 5.01. The van der Waals surface area contributed by atoms with Crippen molar-refractivity contribution in [3.05, 3.63) is 28.4 Å². The SMILES string of the molecule is CN(C(=O)O)C1CCN(c2ccc([N+](=O)[O-])nc2)CC1(F)F. The molecule has 1 aromatic rings.